The zero-order chi connectivity index (χ0) is 20.8. The van der Waals surface area contributed by atoms with E-state index < -0.39 is 6.10 Å². The van der Waals surface area contributed by atoms with Crippen molar-refractivity contribution in [3.8, 4) is 11.5 Å². The average molecular weight is 397 g/mol. The van der Waals surface area contributed by atoms with E-state index in [-0.39, 0.29) is 11.9 Å². The second-order valence-corrected chi connectivity index (χ2v) is 7.95. The molecule has 1 aliphatic heterocycles. The monoisotopic (exact) mass is 396 g/mol. The molecule has 0 radical (unpaired) electrons. The number of methoxy groups -OCH3 is 1. The number of nitrogens with one attached hydrogen (secondary N) is 1. The smallest absolute Gasteiger partial charge is 0.261 e. The van der Waals surface area contributed by atoms with Gasteiger partial charge in [-0.25, -0.2) is 0 Å². The van der Waals surface area contributed by atoms with Crippen LogP contribution < -0.4 is 19.7 Å². The summed E-state index contributed by atoms with van der Waals surface area (Å²) < 4.78 is 10.9. The lowest BCUT2D eigenvalue weighted by Gasteiger charge is -2.33. The van der Waals surface area contributed by atoms with Crippen molar-refractivity contribution in [2.45, 2.75) is 45.8 Å². The molecule has 0 saturated carbocycles. The molecule has 0 bridgehead atoms. The predicted molar refractivity (Wildman–Crippen MR) is 117 cm³/mol. The van der Waals surface area contributed by atoms with Crippen LogP contribution in [0, 0.1) is 5.92 Å². The molecule has 1 heterocycles. The molecule has 3 rings (SSSR count). The molecule has 5 heteroatoms. The van der Waals surface area contributed by atoms with Crippen LogP contribution in [0.15, 0.2) is 48.5 Å². The third-order valence-corrected chi connectivity index (χ3v) is 5.52. The molecular weight excluding hydrogens is 364 g/mol. The maximum Gasteiger partial charge on any atom is 0.261 e. The van der Waals surface area contributed by atoms with E-state index in [4.69, 9.17) is 9.47 Å². The number of hydrogen-bond donors (Lipinski definition) is 1. The Balaban J connectivity index is 1.54. The molecule has 2 aromatic rings. The van der Waals surface area contributed by atoms with Crippen molar-refractivity contribution in [2.24, 2.45) is 5.92 Å². The molecule has 0 aliphatic carbocycles. The summed E-state index contributed by atoms with van der Waals surface area (Å²) in [4.78, 5) is 15.0. The number of amides is 1. The van der Waals surface area contributed by atoms with Gasteiger partial charge in [-0.2, -0.15) is 0 Å². The van der Waals surface area contributed by atoms with Gasteiger partial charge in [0.25, 0.3) is 5.91 Å². The summed E-state index contributed by atoms with van der Waals surface area (Å²) in [5, 5.41) is 3.04. The van der Waals surface area contributed by atoms with E-state index in [1.807, 2.05) is 19.1 Å². The third-order valence-electron chi connectivity index (χ3n) is 5.52. The molecule has 5 nitrogen and oxygen atoms in total. The Hall–Kier alpha value is -2.69. The summed E-state index contributed by atoms with van der Waals surface area (Å²) in [5.41, 5.74) is 2.35. The van der Waals surface area contributed by atoms with E-state index in [1.54, 1.807) is 26.2 Å². The van der Waals surface area contributed by atoms with Gasteiger partial charge in [-0.3, -0.25) is 4.79 Å². The minimum Gasteiger partial charge on any atom is -0.497 e. The van der Waals surface area contributed by atoms with E-state index >= 15 is 0 Å². The number of rotatable bonds is 7. The number of carbonyl (C=O) groups excluding carboxylic acids is 1. The lowest BCUT2D eigenvalue weighted by molar-refractivity contribution is -0.127. The highest BCUT2D eigenvalue weighted by Crippen LogP contribution is 2.25. The van der Waals surface area contributed by atoms with Crippen molar-refractivity contribution in [1.82, 2.24) is 5.32 Å². The van der Waals surface area contributed by atoms with Gasteiger partial charge in [0, 0.05) is 18.8 Å². The van der Waals surface area contributed by atoms with E-state index in [9.17, 15) is 4.79 Å². The summed E-state index contributed by atoms with van der Waals surface area (Å²) in [7, 11) is 1.62. The van der Waals surface area contributed by atoms with Crippen LogP contribution in [0.3, 0.4) is 0 Å². The SMILES string of the molecule is COc1ccc(O[C@H](C)C(=O)N[C@H](C)c2ccc(N3CCC[C@H](C)C3)cc2)cc1. The Morgan fingerprint density at radius 1 is 1.07 bits per heavy atom. The zero-order valence-electron chi connectivity index (χ0n) is 17.9. The number of hydrogen-bond acceptors (Lipinski definition) is 4. The first kappa shape index (κ1) is 21.0. The summed E-state index contributed by atoms with van der Waals surface area (Å²) in [6, 6.07) is 15.7. The fraction of sp³-hybridized carbons (Fsp3) is 0.458. The van der Waals surface area contributed by atoms with Crippen LogP contribution in [0.4, 0.5) is 5.69 Å². The first-order chi connectivity index (χ1) is 14.0. The van der Waals surface area contributed by atoms with Gasteiger partial charge in [0.15, 0.2) is 6.10 Å². The number of carbonyl (C=O) groups is 1. The van der Waals surface area contributed by atoms with Gasteiger partial charge in [0.05, 0.1) is 13.2 Å². The third kappa shape index (κ3) is 5.66. The first-order valence-electron chi connectivity index (χ1n) is 10.4. The van der Waals surface area contributed by atoms with Crippen LogP contribution in [-0.2, 0) is 4.79 Å². The summed E-state index contributed by atoms with van der Waals surface area (Å²) in [5.74, 6) is 2.00. The van der Waals surface area contributed by atoms with E-state index in [0.717, 1.165) is 30.3 Å². The summed E-state index contributed by atoms with van der Waals surface area (Å²) >= 11 is 0. The van der Waals surface area contributed by atoms with Crippen LogP contribution in [0.1, 0.15) is 45.2 Å². The molecule has 2 aromatic carbocycles. The molecule has 0 spiro atoms. The molecule has 29 heavy (non-hydrogen) atoms. The van der Waals surface area contributed by atoms with Crippen molar-refractivity contribution < 1.29 is 14.3 Å². The molecule has 3 atom stereocenters. The normalized spacial score (nSPS) is 18.6. The minimum absolute atomic E-state index is 0.0845. The minimum atomic E-state index is -0.583. The number of ether oxygens (including phenoxy) is 2. The highest BCUT2D eigenvalue weighted by atomic mass is 16.5. The molecule has 1 amide bonds. The van der Waals surface area contributed by atoms with E-state index in [0.29, 0.717) is 5.75 Å². The van der Waals surface area contributed by atoms with Crippen molar-refractivity contribution in [2.75, 3.05) is 25.1 Å². The van der Waals surface area contributed by atoms with Crippen LogP contribution in [0.25, 0.3) is 0 Å². The Kier molecular flexibility index (Phi) is 7.02. The predicted octanol–water partition coefficient (Wildman–Crippen LogP) is 4.58. The number of anilines is 1. The highest BCUT2D eigenvalue weighted by Gasteiger charge is 2.19. The van der Waals surface area contributed by atoms with Crippen molar-refractivity contribution >= 4 is 11.6 Å². The summed E-state index contributed by atoms with van der Waals surface area (Å²) in [6.45, 7) is 8.30. The number of benzene rings is 2. The Morgan fingerprint density at radius 3 is 2.34 bits per heavy atom. The van der Waals surface area contributed by atoms with Crippen LogP contribution >= 0.6 is 0 Å². The van der Waals surface area contributed by atoms with Gasteiger partial charge in [-0.05, 0) is 74.6 Å². The lowest BCUT2D eigenvalue weighted by Crippen LogP contribution is -2.37. The lowest BCUT2D eigenvalue weighted by atomic mass is 9.99. The zero-order valence-corrected chi connectivity index (χ0v) is 17.9. The highest BCUT2D eigenvalue weighted by molar-refractivity contribution is 5.81. The van der Waals surface area contributed by atoms with Crippen LogP contribution in [0.2, 0.25) is 0 Å². The standard InChI is InChI=1S/C24H32N2O3/c1-17-6-5-15-26(16-17)21-9-7-20(8-10-21)18(2)25-24(27)19(3)29-23-13-11-22(28-4)12-14-23/h7-14,17-19H,5-6,15-16H2,1-4H3,(H,25,27)/t17-,18+,19+/m0/s1. The topological polar surface area (TPSA) is 50.8 Å². The largest absolute Gasteiger partial charge is 0.497 e. The Bertz CT molecular complexity index is 789. The second kappa shape index (κ2) is 9.68. The molecular formula is C24H32N2O3. The van der Waals surface area contributed by atoms with Crippen molar-refractivity contribution in [3.63, 3.8) is 0 Å². The van der Waals surface area contributed by atoms with E-state index in [2.05, 4.69) is 41.4 Å². The Labute approximate surface area is 174 Å². The fourth-order valence-electron chi connectivity index (χ4n) is 3.72. The van der Waals surface area contributed by atoms with Crippen molar-refractivity contribution in [1.29, 1.82) is 0 Å². The molecule has 1 fully saturated rings. The molecule has 1 saturated heterocycles. The van der Waals surface area contributed by atoms with Gasteiger partial charge >= 0.3 is 0 Å². The molecule has 1 N–H and O–H groups in total. The molecule has 0 unspecified atom stereocenters. The molecule has 1 aliphatic rings. The maximum atomic E-state index is 12.5. The number of piperidine rings is 1. The Morgan fingerprint density at radius 2 is 1.72 bits per heavy atom. The average Bonchev–Trinajstić information content (AvgIpc) is 2.74. The van der Waals surface area contributed by atoms with Gasteiger partial charge in [-0.15, -0.1) is 0 Å². The fourth-order valence-corrected chi connectivity index (χ4v) is 3.72. The van der Waals surface area contributed by atoms with Crippen LogP contribution in [-0.4, -0.2) is 32.2 Å². The maximum absolute atomic E-state index is 12.5. The quantitative estimate of drug-likeness (QED) is 0.744. The second-order valence-electron chi connectivity index (χ2n) is 7.95. The first-order valence-corrected chi connectivity index (χ1v) is 10.4. The summed E-state index contributed by atoms with van der Waals surface area (Å²) in [6.07, 6.45) is 1.98. The number of nitrogens with zero attached hydrogens (tertiary/aromatic N) is 1. The van der Waals surface area contributed by atoms with Gasteiger partial charge < -0.3 is 19.7 Å². The van der Waals surface area contributed by atoms with Gasteiger partial charge in [0.2, 0.25) is 0 Å². The van der Waals surface area contributed by atoms with E-state index in [1.165, 1.54) is 18.5 Å². The molecule has 156 valence electrons. The van der Waals surface area contributed by atoms with Gasteiger partial charge in [0.1, 0.15) is 11.5 Å². The van der Waals surface area contributed by atoms with Gasteiger partial charge in [-0.1, -0.05) is 19.1 Å². The van der Waals surface area contributed by atoms with Crippen LogP contribution in [0.5, 0.6) is 11.5 Å². The van der Waals surface area contributed by atoms with Crippen molar-refractivity contribution in [3.05, 3.63) is 54.1 Å². The molecule has 0 aromatic heterocycles.